The molecule has 12 heteroatoms. The van der Waals surface area contributed by atoms with Gasteiger partial charge in [0.15, 0.2) is 6.29 Å². The summed E-state index contributed by atoms with van der Waals surface area (Å²) in [6.45, 7) is 4.83. The fourth-order valence-corrected chi connectivity index (χ4v) is 5.23. The number of nitro groups is 1. The summed E-state index contributed by atoms with van der Waals surface area (Å²) in [6, 6.07) is 13.4. The third-order valence-corrected chi connectivity index (χ3v) is 7.37. The van der Waals surface area contributed by atoms with Gasteiger partial charge in [-0.05, 0) is 49.9 Å². The van der Waals surface area contributed by atoms with Crippen molar-refractivity contribution in [3.63, 3.8) is 0 Å². The standard InChI is InChI=1S/C32H38N2O10/c1-21-28(31(35)43-17-16-39-3)30(24-6-4-7-25(20-24)34(37)38)29(22(2)33-21)32(36)44-19-18-40-26-11-9-23(10-12-26)13-15-42-27-8-5-14-41-27/h4,6-7,9-12,20,27-28,30H,5,8,13-19H2,1-3H3. The number of benzene rings is 2. The molecule has 3 atom stereocenters. The van der Waals surface area contributed by atoms with Crippen LogP contribution in [0.5, 0.6) is 5.75 Å². The lowest BCUT2D eigenvalue weighted by molar-refractivity contribution is -0.384. The van der Waals surface area contributed by atoms with Crippen molar-refractivity contribution in [3.8, 4) is 5.75 Å². The van der Waals surface area contributed by atoms with Gasteiger partial charge in [0.1, 0.15) is 31.5 Å². The van der Waals surface area contributed by atoms with Crippen LogP contribution in [0.3, 0.4) is 0 Å². The van der Waals surface area contributed by atoms with Gasteiger partial charge in [0.2, 0.25) is 0 Å². The molecule has 3 unspecified atom stereocenters. The number of methoxy groups -OCH3 is 1. The van der Waals surface area contributed by atoms with Crippen LogP contribution < -0.4 is 4.74 Å². The Morgan fingerprint density at radius 2 is 1.80 bits per heavy atom. The van der Waals surface area contributed by atoms with E-state index in [9.17, 15) is 19.7 Å². The average Bonchev–Trinajstić information content (AvgIpc) is 3.53. The highest BCUT2D eigenvalue weighted by Crippen LogP contribution is 2.41. The topological polar surface area (TPSA) is 145 Å². The Hall–Kier alpha value is -4.13. The van der Waals surface area contributed by atoms with Gasteiger partial charge in [-0.25, -0.2) is 4.79 Å². The second kappa shape index (κ2) is 16.1. The van der Waals surface area contributed by atoms with Crippen molar-refractivity contribution >= 4 is 23.3 Å². The molecular weight excluding hydrogens is 572 g/mol. The van der Waals surface area contributed by atoms with Crippen LogP contribution in [0.1, 0.15) is 43.7 Å². The molecule has 1 saturated heterocycles. The fourth-order valence-electron chi connectivity index (χ4n) is 5.23. The number of nitro benzene ring substituents is 1. The van der Waals surface area contributed by atoms with Crippen molar-refractivity contribution in [2.75, 3.05) is 46.8 Å². The van der Waals surface area contributed by atoms with Crippen LogP contribution in [-0.4, -0.2) is 75.6 Å². The average molecular weight is 611 g/mol. The molecule has 2 aromatic carbocycles. The number of aliphatic imine (C=N–C) groups is 1. The fraction of sp³-hybridized carbons (Fsp3) is 0.469. The number of hydrogen-bond acceptors (Lipinski definition) is 11. The monoisotopic (exact) mass is 610 g/mol. The van der Waals surface area contributed by atoms with Gasteiger partial charge in [0.25, 0.3) is 5.69 Å². The highest BCUT2D eigenvalue weighted by atomic mass is 16.7. The minimum atomic E-state index is -0.994. The number of ether oxygens (including phenoxy) is 6. The lowest BCUT2D eigenvalue weighted by Crippen LogP contribution is -2.37. The van der Waals surface area contributed by atoms with Gasteiger partial charge in [0, 0.05) is 49.6 Å². The molecule has 2 aliphatic rings. The van der Waals surface area contributed by atoms with Crippen molar-refractivity contribution < 1.29 is 42.9 Å². The number of carbonyl (C=O) groups is 2. The smallest absolute Gasteiger partial charge is 0.336 e. The first-order valence-electron chi connectivity index (χ1n) is 14.6. The van der Waals surface area contributed by atoms with Gasteiger partial charge in [0.05, 0.1) is 23.7 Å². The third-order valence-electron chi connectivity index (χ3n) is 7.37. The maximum absolute atomic E-state index is 13.5. The molecule has 2 heterocycles. The summed E-state index contributed by atoms with van der Waals surface area (Å²) in [5.41, 5.74) is 2.22. The van der Waals surface area contributed by atoms with Gasteiger partial charge in [-0.2, -0.15) is 0 Å². The molecule has 0 spiro atoms. The highest BCUT2D eigenvalue weighted by Gasteiger charge is 2.43. The summed E-state index contributed by atoms with van der Waals surface area (Å²) in [5.74, 6) is -2.61. The zero-order valence-electron chi connectivity index (χ0n) is 25.2. The quantitative estimate of drug-likeness (QED) is 0.122. The Labute approximate surface area is 256 Å². The number of non-ortho nitro benzene ring substituents is 1. The van der Waals surface area contributed by atoms with Crippen molar-refractivity contribution in [3.05, 3.63) is 81.0 Å². The largest absolute Gasteiger partial charge is 0.490 e. The molecule has 12 nitrogen and oxygen atoms in total. The van der Waals surface area contributed by atoms with Crippen molar-refractivity contribution in [2.24, 2.45) is 10.9 Å². The minimum Gasteiger partial charge on any atom is -0.490 e. The van der Waals surface area contributed by atoms with E-state index in [0.29, 0.717) is 29.3 Å². The molecule has 1 fully saturated rings. The highest BCUT2D eigenvalue weighted by molar-refractivity contribution is 6.07. The van der Waals surface area contributed by atoms with Gasteiger partial charge < -0.3 is 28.4 Å². The van der Waals surface area contributed by atoms with Crippen LogP contribution in [0, 0.1) is 16.0 Å². The second-order valence-corrected chi connectivity index (χ2v) is 10.4. The van der Waals surface area contributed by atoms with Crippen LogP contribution in [0.15, 0.2) is 64.8 Å². The Bertz CT molecular complexity index is 1370. The molecule has 2 aromatic rings. The molecule has 0 aliphatic carbocycles. The molecule has 2 aliphatic heterocycles. The number of nitrogens with zero attached hydrogens (tertiary/aromatic N) is 2. The van der Waals surface area contributed by atoms with Crippen molar-refractivity contribution in [2.45, 2.75) is 45.3 Å². The van der Waals surface area contributed by atoms with Crippen LogP contribution in [-0.2, 0) is 39.7 Å². The first-order valence-corrected chi connectivity index (χ1v) is 14.6. The Balaban J connectivity index is 1.40. The van der Waals surface area contributed by atoms with Crippen LogP contribution >= 0.6 is 0 Å². The Morgan fingerprint density at radius 1 is 1.02 bits per heavy atom. The molecular formula is C32H38N2O10. The summed E-state index contributed by atoms with van der Waals surface area (Å²) in [4.78, 5) is 42.1. The third kappa shape index (κ3) is 8.71. The summed E-state index contributed by atoms with van der Waals surface area (Å²) < 4.78 is 32.9. The molecule has 0 radical (unpaired) electrons. The molecule has 4 rings (SSSR count). The Morgan fingerprint density at radius 3 is 2.50 bits per heavy atom. The van der Waals surface area contributed by atoms with Crippen LogP contribution in [0.25, 0.3) is 0 Å². The van der Waals surface area contributed by atoms with E-state index < -0.39 is 28.7 Å². The first-order chi connectivity index (χ1) is 21.3. The second-order valence-electron chi connectivity index (χ2n) is 10.4. The molecule has 44 heavy (non-hydrogen) atoms. The van der Waals surface area contributed by atoms with Gasteiger partial charge in [-0.1, -0.05) is 24.3 Å². The predicted octanol–water partition coefficient (Wildman–Crippen LogP) is 4.55. The van der Waals surface area contributed by atoms with Crippen molar-refractivity contribution in [1.29, 1.82) is 0 Å². The van der Waals surface area contributed by atoms with E-state index in [4.69, 9.17) is 28.4 Å². The van der Waals surface area contributed by atoms with E-state index in [2.05, 4.69) is 4.99 Å². The maximum atomic E-state index is 13.5. The van der Waals surface area contributed by atoms with E-state index in [1.54, 1.807) is 19.9 Å². The lowest BCUT2D eigenvalue weighted by atomic mass is 9.75. The van der Waals surface area contributed by atoms with Gasteiger partial charge >= 0.3 is 11.9 Å². The normalized spacial score (nSPS) is 19.8. The number of carbonyl (C=O) groups excluding carboxylic acids is 2. The lowest BCUT2D eigenvalue weighted by Gasteiger charge is -2.31. The summed E-state index contributed by atoms with van der Waals surface area (Å²) in [5, 5.41) is 11.5. The van der Waals surface area contributed by atoms with Gasteiger partial charge in [-0.3, -0.25) is 19.9 Å². The molecule has 0 amide bonds. The number of rotatable bonds is 15. The van der Waals surface area contributed by atoms with E-state index >= 15 is 0 Å². The zero-order chi connectivity index (χ0) is 31.5. The first kappa shape index (κ1) is 32.8. The van der Waals surface area contributed by atoms with E-state index in [1.807, 2.05) is 24.3 Å². The minimum absolute atomic E-state index is 0.00473. The van der Waals surface area contributed by atoms with Crippen molar-refractivity contribution in [1.82, 2.24) is 0 Å². The summed E-state index contributed by atoms with van der Waals surface area (Å²) in [6.07, 6.45) is 2.60. The summed E-state index contributed by atoms with van der Waals surface area (Å²) >= 11 is 0. The van der Waals surface area contributed by atoms with Gasteiger partial charge in [-0.15, -0.1) is 0 Å². The van der Waals surface area contributed by atoms with E-state index in [0.717, 1.165) is 31.4 Å². The summed E-state index contributed by atoms with van der Waals surface area (Å²) in [7, 11) is 1.48. The predicted molar refractivity (Wildman–Crippen MR) is 159 cm³/mol. The zero-order valence-corrected chi connectivity index (χ0v) is 25.2. The molecule has 0 aromatic heterocycles. The molecule has 0 saturated carbocycles. The van der Waals surface area contributed by atoms with E-state index in [1.165, 1.54) is 25.3 Å². The number of allylic oxidation sites excluding steroid dienone is 1. The molecule has 0 N–H and O–H groups in total. The van der Waals surface area contributed by atoms with Crippen LogP contribution in [0.2, 0.25) is 0 Å². The SMILES string of the molecule is COCCOC(=O)C1C(C)=NC(C)=C(C(=O)OCCOc2ccc(CCOC3CCCO3)cc2)C1c1cccc([N+](=O)[O-])c1. The molecule has 0 bridgehead atoms. The molecule has 236 valence electrons. The van der Waals surface area contributed by atoms with E-state index in [-0.39, 0.29) is 44.0 Å². The Kier molecular flexibility index (Phi) is 12.0. The number of hydrogen-bond donors (Lipinski definition) is 0. The van der Waals surface area contributed by atoms with Crippen LogP contribution in [0.4, 0.5) is 5.69 Å². The number of esters is 2. The maximum Gasteiger partial charge on any atom is 0.336 e.